The Morgan fingerprint density at radius 1 is 0.881 bits per heavy atom. The Morgan fingerprint density at radius 3 is 1.71 bits per heavy atom. The molecule has 2 aliphatic rings. The summed E-state index contributed by atoms with van der Waals surface area (Å²) in [4.78, 5) is 23.9. The number of nitrogens with one attached hydrogen (secondary N) is 4. The number of amides is 2. The Balaban J connectivity index is 0.000000287. The summed E-state index contributed by atoms with van der Waals surface area (Å²) in [6.07, 6.45) is -20.4. The minimum Gasteiger partial charge on any atom is -0.447 e. The van der Waals surface area contributed by atoms with Gasteiger partial charge in [-0.15, -0.1) is 0 Å². The van der Waals surface area contributed by atoms with Crippen LogP contribution in [-0.4, -0.2) is 98.1 Å². The van der Waals surface area contributed by atoms with Gasteiger partial charge in [-0.1, -0.05) is 12.1 Å². The number of H-pyrrole nitrogens is 2. The van der Waals surface area contributed by atoms with E-state index in [2.05, 4.69) is 9.47 Å². The lowest BCUT2D eigenvalue weighted by atomic mass is 10.0. The predicted molar refractivity (Wildman–Crippen MR) is 165 cm³/mol. The van der Waals surface area contributed by atoms with Crippen LogP contribution in [0.2, 0.25) is 5.65 Å². The van der Waals surface area contributed by atoms with E-state index >= 15 is 0 Å². The molecule has 10 nitrogen and oxygen atoms in total. The van der Waals surface area contributed by atoms with E-state index in [4.69, 9.17) is 49.5 Å². The van der Waals surface area contributed by atoms with Crippen molar-refractivity contribution in [2.75, 3.05) is 54.2 Å². The van der Waals surface area contributed by atoms with Gasteiger partial charge >= 0.3 is 12.2 Å². The largest absolute Gasteiger partial charge is 0.447 e. The van der Waals surface area contributed by atoms with E-state index in [0.717, 1.165) is 0 Å². The quantitative estimate of drug-likeness (QED) is 0.217. The maximum Gasteiger partial charge on any atom is 0.407 e. The Bertz CT molecular complexity index is 2940. The third-order valence-electron chi connectivity index (χ3n) is 4.70. The van der Waals surface area contributed by atoms with Gasteiger partial charge < -0.3 is 39.8 Å². The lowest BCUT2D eigenvalue weighted by Gasteiger charge is -2.09. The smallest absolute Gasteiger partial charge is 0.407 e. The van der Waals surface area contributed by atoms with Gasteiger partial charge in [-0.05, 0) is 100.0 Å². The van der Waals surface area contributed by atoms with Crippen LogP contribution in [0, 0.1) is 0 Å². The van der Waals surface area contributed by atoms with E-state index < -0.39 is 193 Å². The number of benzene rings is 2. The number of ether oxygens (including phenoxy) is 2. The average molecular weight is 611 g/mol. The molecular weight excluding hydrogens is 532 g/mol. The van der Waals surface area contributed by atoms with Gasteiger partial charge in [0.1, 0.15) is 13.1 Å². The summed E-state index contributed by atoms with van der Waals surface area (Å²) >= 11 is 0. The molecule has 2 fully saturated rings. The van der Waals surface area contributed by atoms with E-state index in [1.807, 2.05) is 0 Å². The third-order valence-corrected chi connectivity index (χ3v) is 4.70. The molecule has 0 bridgehead atoms. The SMILES string of the molecule is [2H]c1c(C([2H])([2H])[C@]2([2H])N([2H])C(=O)OC2([2H])[2H])c([2H])c2c(C([2H])([2H])C([2H])([2H])N(C)C([2H])([2H])[2H])c([2H])n([2H])c2c1[2H].[2H]c1c(C([2H])([2H])[C@]2([2H])N([2H])C(=O)OC2([2H])[2H])c([2H])c2c(C([2H])([2H])C([2H])([2H])N(C)C([2H])([2H])[2H])c([2H])n([2H])c2c1[2H]. The van der Waals surface area contributed by atoms with Gasteiger partial charge in [0.15, 0.2) is 5.65 Å². The summed E-state index contributed by atoms with van der Waals surface area (Å²) in [6, 6.07) is -14.5. The van der Waals surface area contributed by atoms with E-state index in [0.29, 0.717) is 14.1 Å². The minimum atomic E-state index is -3.71. The Morgan fingerprint density at radius 2 is 1.33 bits per heavy atom. The number of carbonyl (C=O) groups is 2. The summed E-state index contributed by atoms with van der Waals surface area (Å²) in [5, 5.41) is -2.94. The number of alkyl carbamates (subject to hydrolysis) is 2. The monoisotopic (exact) mass is 611 g/mol. The van der Waals surface area contributed by atoms with E-state index in [1.165, 1.54) is 0 Å². The molecule has 224 valence electrons. The van der Waals surface area contributed by atoms with E-state index in [-0.39, 0.29) is 19.8 Å². The molecule has 2 aromatic carbocycles. The van der Waals surface area contributed by atoms with Crippen LogP contribution in [0.15, 0.2) is 48.6 Å². The average Bonchev–Trinajstić information content (AvgIpc) is 3.84. The van der Waals surface area contributed by atoms with Gasteiger partial charge in [-0.2, -0.15) is 0 Å². The normalized spacial score (nSPS) is 39.7. The van der Waals surface area contributed by atoms with Crippen molar-refractivity contribution in [3.05, 3.63) is 70.9 Å². The van der Waals surface area contributed by atoms with Gasteiger partial charge in [-0.25, -0.2) is 9.59 Å². The van der Waals surface area contributed by atoms with Gasteiger partial charge in [0.25, 0.3) is 0 Å². The highest BCUT2D eigenvalue weighted by Gasteiger charge is 2.23. The fourth-order valence-corrected chi connectivity index (χ4v) is 3.05. The Kier molecular flexibility index (Phi) is 2.71. The number of nitrogens with zero attached hydrogens (tertiary/aromatic N) is 2. The number of fused-ring (bicyclic) bond motifs is 2. The summed E-state index contributed by atoms with van der Waals surface area (Å²) in [6.45, 7) is -20.5. The second-order valence-corrected chi connectivity index (χ2v) is 7.85. The molecular formula is C32H42N6O4. The number of carbonyl (C=O) groups excluding carboxylic acids is 2. The number of hydrogen-bond donors (Lipinski definition) is 4. The van der Waals surface area contributed by atoms with Crippen LogP contribution in [0.5, 0.6) is 0 Å². The van der Waals surface area contributed by atoms with Crippen LogP contribution in [0.1, 0.15) is 66.1 Å². The molecule has 0 saturated carbocycles. The van der Waals surface area contributed by atoms with Crippen LogP contribution >= 0.6 is 0 Å². The van der Waals surface area contributed by atoms with E-state index in [1.54, 1.807) is 0 Å². The number of aromatic nitrogens is 2. The van der Waals surface area contributed by atoms with Gasteiger partial charge in [0.2, 0.25) is 0 Å². The first-order valence-electron chi connectivity index (χ1n) is 29.1. The highest BCUT2D eigenvalue weighted by Crippen LogP contribution is 2.23. The fraction of sp³-hybridized carbons (Fsp3) is 0.438. The zero-order valence-electron chi connectivity index (χ0n) is 57.3. The van der Waals surface area contributed by atoms with Crippen LogP contribution in [0.3, 0.4) is 0 Å². The number of hydrogen-bond acceptors (Lipinski definition) is 6. The lowest BCUT2D eigenvalue weighted by Crippen LogP contribution is -2.28. The molecule has 0 unspecified atom stereocenters. The molecule has 4 aromatic rings. The van der Waals surface area contributed by atoms with Gasteiger partial charge in [-0.3, -0.25) is 0 Å². The number of cyclic esters (lactones) is 2. The molecule has 42 heavy (non-hydrogen) atoms. The zero-order valence-corrected chi connectivity index (χ0v) is 21.3. The maximum atomic E-state index is 11.9. The van der Waals surface area contributed by atoms with Crippen LogP contribution < -0.4 is 10.6 Å². The molecule has 10 heteroatoms. The molecule has 4 heterocycles. The van der Waals surface area contributed by atoms with Gasteiger partial charge in [0.05, 0.1) is 31.2 Å². The number of aryl methyl sites for hydroxylation is 2. The van der Waals surface area contributed by atoms with Crippen molar-refractivity contribution in [1.82, 2.24) is 30.4 Å². The molecule has 6 rings (SSSR count). The summed E-state index contributed by atoms with van der Waals surface area (Å²) < 4.78 is 302. The van der Waals surface area contributed by atoms with Crippen molar-refractivity contribution in [2.45, 2.75) is 37.5 Å². The maximum absolute atomic E-state index is 11.9. The fourth-order valence-electron chi connectivity index (χ4n) is 3.05. The molecule has 0 radical (unpaired) electrons. The minimum absolute atomic E-state index is 0.0175. The Labute approximate surface area is 297 Å². The molecule has 0 spiro atoms. The summed E-state index contributed by atoms with van der Waals surface area (Å²) in [7, 11) is 1.42. The van der Waals surface area contributed by atoms with Crippen LogP contribution in [0.25, 0.3) is 21.8 Å². The summed E-state index contributed by atoms with van der Waals surface area (Å²) in [5.74, 6) is 0. The molecule has 2 amide bonds. The van der Waals surface area contributed by atoms with Gasteiger partial charge in [0, 0.05) is 71.8 Å². The molecule has 0 aliphatic carbocycles. The number of likely N-dealkylation sites (N-methyl/N-ethyl adjacent to an activating group) is 2. The second-order valence-electron chi connectivity index (χ2n) is 7.85. The number of aromatic amines is 2. The predicted octanol–water partition coefficient (Wildman–Crippen LogP) is 3.85. The molecule has 4 N–H and O–H groups in total. The topological polar surface area (TPSA) is 115 Å². The first-order valence-corrected chi connectivity index (χ1v) is 11.3. The third kappa shape index (κ3) is 7.63. The number of rotatable bonds is 10. The van der Waals surface area contributed by atoms with Crippen molar-refractivity contribution >= 4 is 34.0 Å². The van der Waals surface area contributed by atoms with Crippen molar-refractivity contribution < 1.29 is 68.6 Å². The van der Waals surface area contributed by atoms with E-state index in [9.17, 15) is 9.59 Å². The highest BCUT2D eigenvalue weighted by molar-refractivity contribution is 5.84. The van der Waals surface area contributed by atoms with Crippen molar-refractivity contribution in [3.8, 4) is 0 Å². The van der Waals surface area contributed by atoms with Crippen LogP contribution in [-0.2, 0) is 35.0 Å². The van der Waals surface area contributed by atoms with Crippen molar-refractivity contribution in [1.29, 1.82) is 0 Å². The molecule has 2 aromatic heterocycles. The lowest BCUT2D eigenvalue weighted by molar-refractivity contribution is 0.176. The van der Waals surface area contributed by atoms with Crippen molar-refractivity contribution in [2.24, 2.45) is 0 Å². The standard InChI is InChI=1S/2C16H21N3O2/c2*1-19(2)6-5-12-9-17-15-4-3-11(8-14(12)15)7-13-10-21-16(20)18-13/h2*3-4,8-9,13,17H,5-7,10H2,1-2H3,(H,18,20)/t2*13-/m00/s1/i2*1D3,3D,4D,5D2,6D2,7D2,8D,9D,10D2,13D/hD4. The van der Waals surface area contributed by atoms with Crippen LogP contribution in [0.4, 0.5) is 9.59 Å². The first-order chi connectivity index (χ1) is 34.5. The summed E-state index contributed by atoms with van der Waals surface area (Å²) in [5.41, 5.74) is -6.61. The molecule has 2 atom stereocenters. The zero-order chi connectivity index (χ0) is 61.3. The molecule has 2 saturated heterocycles. The molecule has 2 aliphatic heterocycles. The highest BCUT2D eigenvalue weighted by atomic mass is 16.6. The Hall–Kier alpha value is -4.02. The first kappa shape index (κ1) is 8.54. The second kappa shape index (κ2) is 13.3. The van der Waals surface area contributed by atoms with Crippen molar-refractivity contribution in [3.63, 3.8) is 0 Å².